The maximum atomic E-state index is 13.8. The van der Waals surface area contributed by atoms with Crippen LogP contribution in [0, 0.1) is 35.0 Å². The minimum absolute atomic E-state index is 0.0155. The number of hydrogen-bond acceptors (Lipinski definition) is 17. The lowest BCUT2D eigenvalue weighted by atomic mass is 9.72. The van der Waals surface area contributed by atoms with E-state index < -0.39 is 67.5 Å². The number of carbonyl (C=O) groups excluding carboxylic acids is 2. The summed E-state index contributed by atoms with van der Waals surface area (Å²) in [4.78, 5) is 47.5. The molecule has 73 heavy (non-hydrogen) atoms. The number of piperidine rings is 4. The van der Waals surface area contributed by atoms with Gasteiger partial charge < -0.3 is 34.3 Å². The Labute approximate surface area is 432 Å². The maximum Gasteiger partial charge on any atom is 0.335 e. The first-order valence-electron chi connectivity index (χ1n) is 26.1. The molecule has 0 aromatic carbocycles. The summed E-state index contributed by atoms with van der Waals surface area (Å²) in [6.45, 7) is 16.7. The number of carboxylic acid groups (broad SMARTS) is 2. The molecule has 9 atom stereocenters. The van der Waals surface area contributed by atoms with Gasteiger partial charge in [0.15, 0.2) is 0 Å². The summed E-state index contributed by atoms with van der Waals surface area (Å²) in [6.07, 6.45) is 8.44. The molecule has 9 unspecified atom stereocenters. The maximum absolute atomic E-state index is 13.8. The van der Waals surface area contributed by atoms with Gasteiger partial charge >= 0.3 is 23.9 Å². The molecule has 414 valence electrons. The predicted molar refractivity (Wildman–Crippen MR) is 270 cm³/mol. The SMILES string of the molecule is C=C(/C=C(\C(=C)C1CCN2NCC(CC(=O)OCOC(=O)C(C)(C)CC)C2C1)S(=O)(=O)N1CCC(OC)CC1)C(=O)O.COC1CCN(S(=O)(=O)C2CC(O)CCC2C2CCN3NCC(CC(=O)O)C3C2)CC1. The van der Waals surface area contributed by atoms with Gasteiger partial charge in [-0.1, -0.05) is 20.1 Å². The minimum atomic E-state index is -4.05. The van der Waals surface area contributed by atoms with Gasteiger partial charge in [-0.05, 0) is 120 Å². The van der Waals surface area contributed by atoms with Gasteiger partial charge in [0.05, 0.1) is 52.3 Å². The lowest BCUT2D eigenvalue weighted by Gasteiger charge is -2.45. The van der Waals surface area contributed by atoms with Crippen LogP contribution in [0.25, 0.3) is 0 Å². The van der Waals surface area contributed by atoms with Crippen molar-refractivity contribution in [1.82, 2.24) is 29.5 Å². The average Bonchev–Trinajstić information content (AvgIpc) is 3.97. The third kappa shape index (κ3) is 14.6. The van der Waals surface area contributed by atoms with Crippen molar-refractivity contribution in [3.8, 4) is 0 Å². The Hall–Kier alpha value is -3.36. The largest absolute Gasteiger partial charge is 0.481 e. The molecule has 7 rings (SSSR count). The van der Waals surface area contributed by atoms with Crippen LogP contribution in [0.2, 0.25) is 0 Å². The van der Waals surface area contributed by atoms with E-state index in [4.69, 9.17) is 18.9 Å². The summed E-state index contributed by atoms with van der Waals surface area (Å²) < 4.78 is 78.9. The normalized spacial score (nSPS) is 30.6. The number of carbonyl (C=O) groups is 4. The van der Waals surface area contributed by atoms with Crippen LogP contribution in [0.3, 0.4) is 0 Å². The van der Waals surface area contributed by atoms with Gasteiger partial charge in [-0.15, -0.1) is 0 Å². The minimum Gasteiger partial charge on any atom is -0.481 e. The van der Waals surface area contributed by atoms with E-state index in [2.05, 4.69) is 34.0 Å². The van der Waals surface area contributed by atoms with Crippen molar-refractivity contribution >= 4 is 43.9 Å². The Morgan fingerprint density at radius 1 is 0.726 bits per heavy atom. The van der Waals surface area contributed by atoms with Crippen molar-refractivity contribution in [2.24, 2.45) is 35.0 Å². The highest BCUT2D eigenvalue weighted by Gasteiger charge is 2.49. The van der Waals surface area contributed by atoms with Crippen molar-refractivity contribution in [3.63, 3.8) is 0 Å². The van der Waals surface area contributed by atoms with Crippen LogP contribution in [-0.2, 0) is 58.2 Å². The second kappa shape index (κ2) is 25.7. The molecule has 1 saturated carbocycles. The number of fused-ring (bicyclic) bond motifs is 2. The van der Waals surface area contributed by atoms with E-state index in [0.717, 1.165) is 25.5 Å². The molecule has 6 aliphatic heterocycles. The zero-order valence-electron chi connectivity index (χ0n) is 43.5. The zero-order valence-corrected chi connectivity index (χ0v) is 45.1. The van der Waals surface area contributed by atoms with Crippen LogP contribution in [0.5, 0.6) is 0 Å². The molecule has 0 bridgehead atoms. The van der Waals surface area contributed by atoms with E-state index >= 15 is 0 Å². The van der Waals surface area contributed by atoms with E-state index in [0.29, 0.717) is 103 Å². The van der Waals surface area contributed by atoms with Crippen LogP contribution in [0.15, 0.2) is 35.3 Å². The summed E-state index contributed by atoms with van der Waals surface area (Å²) >= 11 is 0. The molecule has 0 aromatic heterocycles. The monoisotopic (exact) mass is 1070 g/mol. The Morgan fingerprint density at radius 3 is 1.85 bits per heavy atom. The first-order valence-corrected chi connectivity index (χ1v) is 29.1. The number of sulfonamides is 2. The van der Waals surface area contributed by atoms with Gasteiger partial charge in [0.25, 0.3) is 0 Å². The van der Waals surface area contributed by atoms with Crippen molar-refractivity contribution < 1.29 is 70.3 Å². The molecule has 6 saturated heterocycles. The molecule has 0 aromatic rings. The highest BCUT2D eigenvalue weighted by Crippen LogP contribution is 2.44. The van der Waals surface area contributed by atoms with E-state index in [1.165, 1.54) is 4.31 Å². The first kappa shape index (κ1) is 58.9. The van der Waals surface area contributed by atoms with E-state index in [-0.39, 0.29) is 90.3 Å². The molecule has 1 aliphatic carbocycles. The number of allylic oxidation sites excluding steroid dienone is 1. The second-order valence-electron chi connectivity index (χ2n) is 21.6. The fourth-order valence-electron chi connectivity index (χ4n) is 11.9. The molecule has 5 N–H and O–H groups in total. The van der Waals surface area contributed by atoms with E-state index in [1.54, 1.807) is 32.4 Å². The number of aliphatic hydroxyl groups is 1. The fraction of sp³-hybridized carbons (Fsp3) is 0.800. The second-order valence-corrected chi connectivity index (χ2v) is 25.7. The van der Waals surface area contributed by atoms with Crippen molar-refractivity contribution in [2.75, 3.05) is 73.4 Å². The highest BCUT2D eigenvalue weighted by molar-refractivity contribution is 7.93. The van der Waals surface area contributed by atoms with E-state index in [9.17, 15) is 51.3 Å². The summed E-state index contributed by atoms with van der Waals surface area (Å²) in [6, 6.07) is 0.0428. The number of ether oxygens (including phenoxy) is 4. The molecule has 0 amide bonds. The van der Waals surface area contributed by atoms with Crippen LogP contribution in [0.1, 0.15) is 111 Å². The third-order valence-electron chi connectivity index (χ3n) is 16.9. The molecule has 21 nitrogen and oxygen atoms in total. The number of carboxylic acids is 2. The van der Waals surface area contributed by atoms with Gasteiger partial charge in [0.1, 0.15) is 0 Å². The van der Waals surface area contributed by atoms with Gasteiger partial charge in [0.2, 0.25) is 26.8 Å². The summed E-state index contributed by atoms with van der Waals surface area (Å²) in [5.41, 5.74) is 5.98. The van der Waals surface area contributed by atoms with Gasteiger partial charge in [-0.3, -0.25) is 25.2 Å². The molecule has 7 fully saturated rings. The topological polar surface area (TPSA) is 271 Å². The fourth-order valence-corrected chi connectivity index (χ4v) is 16.0. The van der Waals surface area contributed by atoms with Crippen LogP contribution in [0.4, 0.5) is 0 Å². The van der Waals surface area contributed by atoms with Gasteiger partial charge in [-0.25, -0.2) is 36.0 Å². The number of hydrogen-bond donors (Lipinski definition) is 5. The number of nitrogens with zero attached hydrogens (tertiary/aromatic N) is 4. The van der Waals surface area contributed by atoms with Gasteiger partial charge in [-0.2, -0.15) is 4.31 Å². The lowest BCUT2D eigenvalue weighted by molar-refractivity contribution is -0.174. The molecular weight excluding hydrogens is 989 g/mol. The Balaban J connectivity index is 0.000000248. The molecular formula is C50H82N6O15S2. The average molecular weight is 1070 g/mol. The van der Waals surface area contributed by atoms with Gasteiger partial charge in [0, 0.05) is 90.5 Å². The summed E-state index contributed by atoms with van der Waals surface area (Å²) in [7, 11) is -4.29. The number of methoxy groups -OCH3 is 2. The van der Waals surface area contributed by atoms with Crippen molar-refractivity contribution in [2.45, 2.75) is 146 Å². The number of aliphatic carboxylic acids is 2. The first-order chi connectivity index (χ1) is 34.5. The molecule has 0 radical (unpaired) electrons. The molecule has 0 spiro atoms. The quantitative estimate of drug-likeness (QED) is 0.0538. The summed E-state index contributed by atoms with van der Waals surface area (Å²) in [5, 5.41) is 32.7. The van der Waals surface area contributed by atoms with Crippen LogP contribution >= 0.6 is 0 Å². The predicted octanol–water partition coefficient (Wildman–Crippen LogP) is 3.24. The van der Waals surface area contributed by atoms with Crippen LogP contribution < -0.4 is 10.9 Å². The standard InChI is InChI=1S/C29H45N3O9S.C21H37N3O6S/c1-7-29(4,5)28(36)41-18-40-26(33)16-22-17-30-32-13-8-21(15-24(22)32)20(3)25(14-19(2)27(34)35)42(37,38)31-11-9-23(39-6)10-12-31;1-30-17-5-7-23(8-6-17)31(28,29)20-12-16(25)2-3-18(20)14-4-9-24-19(10-14)15(13-22-24)11-21(26)27/h14,21-24,30H,2-3,7-13,15-18H2,1,4-6H3,(H,34,35);14-20,22,25H,2-13H2,1H3,(H,26,27)/b25-14+;. The number of hydrazine groups is 2. The smallest absolute Gasteiger partial charge is 0.335 e. The Kier molecular flexibility index (Phi) is 20.7. The number of rotatable bonds is 19. The lowest BCUT2D eigenvalue weighted by Crippen LogP contribution is -2.53. The molecule has 7 aliphatic rings. The van der Waals surface area contributed by atoms with Crippen molar-refractivity contribution in [3.05, 3.63) is 35.3 Å². The zero-order chi connectivity index (χ0) is 53.4. The Bertz CT molecular complexity index is 2230. The number of aliphatic hydroxyl groups excluding tert-OH is 1. The highest BCUT2D eigenvalue weighted by atomic mass is 32.2. The third-order valence-corrected chi connectivity index (χ3v) is 21.3. The van der Waals surface area contributed by atoms with Crippen molar-refractivity contribution in [1.29, 1.82) is 0 Å². The Morgan fingerprint density at radius 2 is 1.29 bits per heavy atom. The number of nitrogens with one attached hydrogen (secondary N) is 2. The van der Waals surface area contributed by atoms with Crippen LogP contribution in [-0.4, -0.2) is 184 Å². The molecule has 23 heteroatoms. The summed E-state index contributed by atoms with van der Waals surface area (Å²) in [5.74, 6) is -3.11. The molecule has 6 heterocycles. The number of esters is 2. The van der Waals surface area contributed by atoms with E-state index in [1.807, 2.05) is 6.92 Å².